The van der Waals surface area contributed by atoms with Gasteiger partial charge in [-0.1, -0.05) is 0 Å². The minimum absolute atomic E-state index is 0.220. The molecule has 0 spiro atoms. The van der Waals surface area contributed by atoms with E-state index in [9.17, 15) is 38.9 Å². The van der Waals surface area contributed by atoms with Crippen LogP contribution in [0.5, 0.6) is 17.2 Å². The van der Waals surface area contributed by atoms with Crippen molar-refractivity contribution < 1.29 is 54.2 Å². The van der Waals surface area contributed by atoms with Crippen LogP contribution < -0.4 is 0 Å². The van der Waals surface area contributed by atoms with Gasteiger partial charge in [0.15, 0.2) is 0 Å². The molecule has 0 radical (unpaired) electrons. The average molecular weight is 455 g/mol. The number of phenols is 3. The van der Waals surface area contributed by atoms with Crippen molar-refractivity contribution in [3.05, 3.63) is 35.9 Å². The van der Waals surface area contributed by atoms with Crippen LogP contribution in [0.1, 0.15) is 5.56 Å². The van der Waals surface area contributed by atoms with Crippen LogP contribution in [0, 0.1) is 6.92 Å². The van der Waals surface area contributed by atoms with Gasteiger partial charge in [-0.3, -0.25) is 0 Å². The van der Waals surface area contributed by atoms with E-state index in [1.54, 1.807) is 0 Å². The van der Waals surface area contributed by atoms with Gasteiger partial charge in [0.05, 0.1) is 14.7 Å². The Hall–Kier alpha value is -2.43. The van der Waals surface area contributed by atoms with Crippen molar-refractivity contribution in [3.63, 3.8) is 0 Å². The highest BCUT2D eigenvalue weighted by atomic mass is 32.2. The number of benzene rings is 2. The molecular weight excluding hydrogens is 444 g/mol. The molecular formula is C13H11O12S3-3. The van der Waals surface area contributed by atoms with Crippen molar-refractivity contribution >= 4 is 30.4 Å². The van der Waals surface area contributed by atoms with E-state index in [0.29, 0.717) is 12.1 Å². The van der Waals surface area contributed by atoms with Crippen molar-refractivity contribution in [3.8, 4) is 17.2 Å². The summed E-state index contributed by atoms with van der Waals surface area (Å²) in [5.74, 6) is -2.11. The standard InChI is InChI=1S/C7H8O7S2.C6H6O5S/c1-4-2-7(16(12,13)14)5(8)3-6(4)15(9,10)11;7-4-1-2-6(5(8)3-4)12(9,10)11/h2-3,8H,1H3,(H,9,10,11)(H,12,13,14);1-3,7-8H,(H,9,10,11)/p-3. The Labute approximate surface area is 159 Å². The first-order valence-corrected chi connectivity index (χ1v) is 10.9. The Morgan fingerprint density at radius 3 is 1.46 bits per heavy atom. The molecule has 0 atom stereocenters. The monoisotopic (exact) mass is 455 g/mol. The maximum atomic E-state index is 10.7. The number of phenolic OH excluding ortho intramolecular Hbond substituents is 3. The molecule has 0 aliphatic carbocycles. The van der Waals surface area contributed by atoms with Gasteiger partial charge in [-0.15, -0.1) is 0 Å². The van der Waals surface area contributed by atoms with Gasteiger partial charge in [0.2, 0.25) is 0 Å². The topological polar surface area (TPSA) is 232 Å². The minimum Gasteiger partial charge on any atom is -0.744 e. The quantitative estimate of drug-likeness (QED) is 0.497. The van der Waals surface area contributed by atoms with Crippen LogP contribution in [0.15, 0.2) is 45.0 Å². The van der Waals surface area contributed by atoms with Crippen LogP contribution in [0.2, 0.25) is 0 Å². The van der Waals surface area contributed by atoms with Gasteiger partial charge in [0, 0.05) is 6.07 Å². The van der Waals surface area contributed by atoms with E-state index in [0.717, 1.165) is 25.1 Å². The second-order valence-electron chi connectivity index (χ2n) is 5.10. The van der Waals surface area contributed by atoms with Crippen LogP contribution in [0.4, 0.5) is 0 Å². The van der Waals surface area contributed by atoms with E-state index < -0.39 is 56.5 Å². The molecule has 3 N–H and O–H groups in total. The van der Waals surface area contributed by atoms with Crippen LogP contribution >= 0.6 is 0 Å². The molecule has 0 heterocycles. The van der Waals surface area contributed by atoms with Crippen molar-refractivity contribution in [1.29, 1.82) is 0 Å². The van der Waals surface area contributed by atoms with E-state index in [-0.39, 0.29) is 11.3 Å². The zero-order chi connectivity index (χ0) is 22.1. The Morgan fingerprint density at radius 1 is 0.643 bits per heavy atom. The molecule has 0 bridgehead atoms. The summed E-state index contributed by atoms with van der Waals surface area (Å²) in [4.78, 5) is -2.46. The maximum Gasteiger partial charge on any atom is 0.136 e. The van der Waals surface area contributed by atoms with Crippen molar-refractivity contribution in [2.75, 3.05) is 0 Å². The summed E-state index contributed by atoms with van der Waals surface area (Å²) < 4.78 is 95.0. The molecule has 12 nitrogen and oxygen atoms in total. The first-order chi connectivity index (χ1) is 12.4. The van der Waals surface area contributed by atoms with Gasteiger partial charge < -0.3 is 29.0 Å². The average Bonchev–Trinajstić information content (AvgIpc) is 2.46. The summed E-state index contributed by atoms with van der Waals surface area (Å²) in [6.07, 6.45) is 0. The first-order valence-electron chi connectivity index (χ1n) is 6.68. The summed E-state index contributed by atoms with van der Waals surface area (Å²) >= 11 is 0. The maximum absolute atomic E-state index is 10.7. The Bertz CT molecular complexity index is 1150. The van der Waals surface area contributed by atoms with Gasteiger partial charge in [0.25, 0.3) is 0 Å². The normalized spacial score (nSPS) is 12.1. The number of hydrogen-bond acceptors (Lipinski definition) is 12. The lowest BCUT2D eigenvalue weighted by Crippen LogP contribution is -2.05. The fourth-order valence-electron chi connectivity index (χ4n) is 1.84. The molecule has 28 heavy (non-hydrogen) atoms. The molecule has 0 amide bonds. The molecule has 0 saturated heterocycles. The molecule has 0 fully saturated rings. The largest absolute Gasteiger partial charge is 0.744 e. The molecule has 0 aromatic heterocycles. The molecule has 15 heteroatoms. The Morgan fingerprint density at radius 2 is 1.07 bits per heavy atom. The van der Waals surface area contributed by atoms with E-state index >= 15 is 0 Å². The molecule has 2 aromatic rings. The van der Waals surface area contributed by atoms with Crippen molar-refractivity contribution in [2.45, 2.75) is 21.6 Å². The third kappa shape index (κ3) is 6.04. The highest BCUT2D eigenvalue weighted by molar-refractivity contribution is 7.86. The summed E-state index contributed by atoms with van der Waals surface area (Å²) in [6.45, 7) is 1.14. The minimum atomic E-state index is -4.92. The highest BCUT2D eigenvalue weighted by Gasteiger charge is 2.14. The SMILES string of the molecule is Cc1cc(S(=O)(=O)[O-])c(O)cc1S(=O)(=O)[O-].O=S(=O)([O-])c1ccc(O)cc1O. The van der Waals surface area contributed by atoms with E-state index in [4.69, 9.17) is 15.3 Å². The lowest BCUT2D eigenvalue weighted by atomic mass is 10.2. The number of rotatable bonds is 3. The van der Waals surface area contributed by atoms with Gasteiger partial charge in [0.1, 0.15) is 47.6 Å². The Kier molecular flexibility index (Phi) is 6.66. The third-order valence-electron chi connectivity index (χ3n) is 3.01. The van der Waals surface area contributed by atoms with Crippen LogP contribution in [0.25, 0.3) is 0 Å². The number of aryl methyl sites for hydroxylation is 1. The molecule has 0 unspecified atom stereocenters. The lowest BCUT2D eigenvalue weighted by Gasteiger charge is -2.15. The smallest absolute Gasteiger partial charge is 0.136 e. The second kappa shape index (κ2) is 7.90. The summed E-state index contributed by atoms with van der Waals surface area (Å²) in [5, 5.41) is 26.8. The second-order valence-corrected chi connectivity index (χ2v) is 9.14. The molecule has 2 aromatic carbocycles. The van der Waals surface area contributed by atoms with Crippen LogP contribution in [-0.4, -0.2) is 54.2 Å². The van der Waals surface area contributed by atoms with Crippen LogP contribution in [0.3, 0.4) is 0 Å². The summed E-state index contributed by atoms with van der Waals surface area (Å²) in [7, 11) is -14.4. The van der Waals surface area contributed by atoms with E-state index in [2.05, 4.69) is 0 Å². The summed E-state index contributed by atoms with van der Waals surface area (Å²) in [5.41, 5.74) is -0.220. The van der Waals surface area contributed by atoms with Crippen LogP contribution in [-0.2, 0) is 30.4 Å². The zero-order valence-corrected chi connectivity index (χ0v) is 16.1. The molecule has 2 rings (SSSR count). The Balaban J connectivity index is 0.000000292. The lowest BCUT2D eigenvalue weighted by molar-refractivity contribution is 0.425. The van der Waals surface area contributed by atoms with E-state index in [1.165, 1.54) is 0 Å². The van der Waals surface area contributed by atoms with Gasteiger partial charge in [-0.25, -0.2) is 25.3 Å². The molecule has 0 saturated carbocycles. The summed E-state index contributed by atoms with van der Waals surface area (Å²) in [6, 6.07) is 3.72. The third-order valence-corrected chi connectivity index (χ3v) is 5.74. The molecule has 0 aliphatic heterocycles. The number of hydrogen-bond donors (Lipinski definition) is 3. The fourth-order valence-corrected chi connectivity index (χ4v) is 3.73. The molecule has 156 valence electrons. The van der Waals surface area contributed by atoms with Gasteiger partial charge in [-0.05, 0) is 36.8 Å². The van der Waals surface area contributed by atoms with Gasteiger partial charge >= 0.3 is 0 Å². The molecule has 0 aliphatic rings. The predicted molar refractivity (Wildman–Crippen MR) is 86.5 cm³/mol. The predicted octanol–water partition coefficient (Wildman–Crippen LogP) is -0.489. The highest BCUT2D eigenvalue weighted by Crippen LogP contribution is 2.28. The number of aromatic hydroxyl groups is 3. The zero-order valence-electron chi connectivity index (χ0n) is 13.6. The van der Waals surface area contributed by atoms with Crippen molar-refractivity contribution in [2.24, 2.45) is 0 Å². The fraction of sp³-hybridized carbons (Fsp3) is 0.0769. The van der Waals surface area contributed by atoms with Crippen molar-refractivity contribution in [1.82, 2.24) is 0 Å². The van der Waals surface area contributed by atoms with E-state index in [1.807, 2.05) is 0 Å². The van der Waals surface area contributed by atoms with Gasteiger partial charge in [-0.2, -0.15) is 0 Å². The first kappa shape index (κ1) is 23.6.